The number of aryl methyl sites for hydroxylation is 1. The van der Waals surface area contributed by atoms with Crippen molar-refractivity contribution in [3.05, 3.63) is 95.9 Å². The zero-order chi connectivity index (χ0) is 30.0. The average Bonchev–Trinajstić information content (AvgIpc) is 3.04. The molecule has 1 fully saturated rings. The minimum absolute atomic E-state index is 0.156. The van der Waals surface area contributed by atoms with Gasteiger partial charge in [-0.05, 0) is 67.4 Å². The summed E-state index contributed by atoms with van der Waals surface area (Å²) >= 11 is 0. The first-order chi connectivity index (χ1) is 21.0. The largest absolute Gasteiger partial charge is 0.381 e. The van der Waals surface area contributed by atoms with E-state index in [0.717, 1.165) is 60.8 Å². The van der Waals surface area contributed by atoms with E-state index in [1.807, 2.05) is 79.4 Å². The number of ether oxygens (including phenoxy) is 1. The molecule has 222 valence electrons. The monoisotopic (exact) mass is 579 g/mol. The van der Waals surface area contributed by atoms with Crippen molar-refractivity contribution in [3.8, 4) is 11.3 Å². The second kappa shape index (κ2) is 14.5. The molecule has 2 N–H and O–H groups in total. The molecule has 43 heavy (non-hydrogen) atoms. The summed E-state index contributed by atoms with van der Waals surface area (Å²) in [7, 11) is 0. The number of benzene rings is 2. The highest BCUT2D eigenvalue weighted by molar-refractivity contribution is 6.04. The lowest BCUT2D eigenvalue weighted by Gasteiger charge is -2.34. The van der Waals surface area contributed by atoms with E-state index in [-0.39, 0.29) is 11.8 Å². The van der Waals surface area contributed by atoms with Gasteiger partial charge in [0, 0.05) is 80.4 Å². The molecule has 5 rings (SSSR count). The Labute approximate surface area is 252 Å². The second-order valence-electron chi connectivity index (χ2n) is 10.4. The predicted molar refractivity (Wildman–Crippen MR) is 167 cm³/mol. The van der Waals surface area contributed by atoms with Crippen molar-refractivity contribution in [1.82, 2.24) is 24.8 Å². The van der Waals surface area contributed by atoms with Crippen LogP contribution in [0.2, 0.25) is 0 Å². The molecule has 10 nitrogen and oxygen atoms in total. The topological polar surface area (TPSA) is 113 Å². The molecular weight excluding hydrogens is 542 g/mol. The summed E-state index contributed by atoms with van der Waals surface area (Å²) < 4.78 is 5.31. The van der Waals surface area contributed by atoms with Gasteiger partial charge in [0.2, 0.25) is 11.9 Å². The van der Waals surface area contributed by atoms with Crippen molar-refractivity contribution >= 4 is 29.1 Å². The molecular formula is C33H37N7O3. The number of aromatic nitrogens is 3. The van der Waals surface area contributed by atoms with E-state index in [9.17, 15) is 9.59 Å². The zero-order valence-corrected chi connectivity index (χ0v) is 24.6. The molecule has 1 aliphatic rings. The summed E-state index contributed by atoms with van der Waals surface area (Å²) in [5, 5.41) is 6.27. The van der Waals surface area contributed by atoms with Gasteiger partial charge in [-0.3, -0.25) is 19.5 Å². The van der Waals surface area contributed by atoms with Crippen LogP contribution in [-0.4, -0.2) is 76.0 Å². The van der Waals surface area contributed by atoms with Crippen LogP contribution in [0.15, 0.2) is 79.3 Å². The van der Waals surface area contributed by atoms with Crippen molar-refractivity contribution in [1.29, 1.82) is 0 Å². The average molecular weight is 580 g/mol. The number of amides is 2. The summed E-state index contributed by atoms with van der Waals surface area (Å²) in [5.41, 5.74) is 5.83. The summed E-state index contributed by atoms with van der Waals surface area (Å²) in [5.74, 6) is 0.428. The van der Waals surface area contributed by atoms with Gasteiger partial charge in [0.1, 0.15) is 0 Å². The number of carbonyl (C=O) groups is 2. The standard InChI is InChI=1S/C33H37N7O3/c1-3-43-20-13-31(41)40-18-16-39(17-19-40)23-25-7-9-26(10-8-25)32(42)36-28-11-6-24(2)30(21-28)38-33-35-15-12-29(37-33)27-5-4-14-34-22-27/h4-12,14-15,21-22H,3,13,16-20,23H2,1-2H3,(H,36,42)(H,35,37,38). The molecule has 0 aliphatic carbocycles. The highest BCUT2D eigenvalue weighted by atomic mass is 16.5. The van der Waals surface area contributed by atoms with Crippen molar-refractivity contribution < 1.29 is 14.3 Å². The van der Waals surface area contributed by atoms with Crippen LogP contribution in [0, 0.1) is 6.92 Å². The summed E-state index contributed by atoms with van der Waals surface area (Å²) in [6, 6.07) is 19.0. The molecule has 2 amide bonds. The Morgan fingerprint density at radius 3 is 2.53 bits per heavy atom. The number of piperazine rings is 1. The SMILES string of the molecule is CCOCCC(=O)N1CCN(Cc2ccc(C(=O)Nc3ccc(C)c(Nc4nccc(-c5cccnc5)n4)c3)cc2)CC1. The van der Waals surface area contributed by atoms with Gasteiger partial charge in [0.15, 0.2) is 0 Å². The Hall–Kier alpha value is -4.67. The normalized spacial score (nSPS) is 13.5. The van der Waals surface area contributed by atoms with E-state index in [2.05, 4.69) is 30.5 Å². The Morgan fingerprint density at radius 2 is 1.79 bits per heavy atom. The molecule has 0 saturated carbocycles. The number of rotatable bonds is 11. The van der Waals surface area contributed by atoms with Gasteiger partial charge < -0.3 is 20.3 Å². The van der Waals surface area contributed by atoms with E-state index < -0.39 is 0 Å². The maximum atomic E-state index is 13.0. The number of anilines is 3. The van der Waals surface area contributed by atoms with Crippen molar-refractivity contribution in [2.24, 2.45) is 0 Å². The van der Waals surface area contributed by atoms with Crippen LogP contribution in [0.25, 0.3) is 11.3 Å². The molecule has 4 aromatic rings. The van der Waals surface area contributed by atoms with E-state index in [1.165, 1.54) is 0 Å². The third-order valence-corrected chi connectivity index (χ3v) is 7.37. The lowest BCUT2D eigenvalue weighted by molar-refractivity contribution is -0.134. The minimum atomic E-state index is -0.185. The molecule has 0 atom stereocenters. The lowest BCUT2D eigenvalue weighted by atomic mass is 10.1. The van der Waals surface area contributed by atoms with Gasteiger partial charge in [-0.1, -0.05) is 18.2 Å². The number of pyridine rings is 1. The van der Waals surface area contributed by atoms with Crippen molar-refractivity contribution in [3.63, 3.8) is 0 Å². The highest BCUT2D eigenvalue weighted by Gasteiger charge is 2.21. The summed E-state index contributed by atoms with van der Waals surface area (Å²) in [6.45, 7) is 8.90. The molecule has 10 heteroatoms. The Morgan fingerprint density at radius 1 is 0.977 bits per heavy atom. The van der Waals surface area contributed by atoms with Gasteiger partial charge >= 0.3 is 0 Å². The van der Waals surface area contributed by atoms with Gasteiger partial charge in [-0.2, -0.15) is 0 Å². The van der Waals surface area contributed by atoms with Crippen LogP contribution >= 0.6 is 0 Å². The predicted octanol–water partition coefficient (Wildman–Crippen LogP) is 4.91. The van der Waals surface area contributed by atoms with E-state index >= 15 is 0 Å². The van der Waals surface area contributed by atoms with E-state index in [0.29, 0.717) is 36.8 Å². The molecule has 3 heterocycles. The number of hydrogen-bond donors (Lipinski definition) is 2. The molecule has 0 spiro atoms. The summed E-state index contributed by atoms with van der Waals surface area (Å²) in [6.07, 6.45) is 5.63. The second-order valence-corrected chi connectivity index (χ2v) is 10.4. The first-order valence-corrected chi connectivity index (χ1v) is 14.6. The van der Waals surface area contributed by atoms with Gasteiger partial charge in [0.25, 0.3) is 5.91 Å². The first kappa shape index (κ1) is 29.8. The van der Waals surface area contributed by atoms with E-state index in [1.54, 1.807) is 18.6 Å². The Balaban J connectivity index is 1.14. The zero-order valence-electron chi connectivity index (χ0n) is 24.6. The third kappa shape index (κ3) is 8.21. The number of hydrogen-bond acceptors (Lipinski definition) is 8. The molecule has 0 bridgehead atoms. The highest BCUT2D eigenvalue weighted by Crippen LogP contribution is 2.25. The molecule has 2 aromatic heterocycles. The minimum Gasteiger partial charge on any atom is -0.381 e. The first-order valence-electron chi connectivity index (χ1n) is 14.6. The van der Waals surface area contributed by atoms with Gasteiger partial charge in [0.05, 0.1) is 18.7 Å². The van der Waals surface area contributed by atoms with Crippen LogP contribution in [0.3, 0.4) is 0 Å². The van der Waals surface area contributed by atoms with Crippen molar-refractivity contribution in [2.75, 3.05) is 50.0 Å². The van der Waals surface area contributed by atoms with Gasteiger partial charge in [-0.25, -0.2) is 9.97 Å². The van der Waals surface area contributed by atoms with Crippen LogP contribution < -0.4 is 10.6 Å². The maximum absolute atomic E-state index is 13.0. The van der Waals surface area contributed by atoms with Crippen LogP contribution in [0.1, 0.15) is 34.8 Å². The number of carbonyl (C=O) groups excluding carboxylic acids is 2. The fourth-order valence-electron chi connectivity index (χ4n) is 4.89. The Bertz CT molecular complexity index is 1520. The Kier molecular flexibility index (Phi) is 10.0. The van der Waals surface area contributed by atoms with Crippen LogP contribution in [0.4, 0.5) is 17.3 Å². The lowest BCUT2D eigenvalue weighted by Crippen LogP contribution is -2.48. The fourth-order valence-corrected chi connectivity index (χ4v) is 4.89. The molecule has 2 aromatic carbocycles. The smallest absolute Gasteiger partial charge is 0.255 e. The van der Waals surface area contributed by atoms with Crippen LogP contribution in [-0.2, 0) is 16.1 Å². The quantitative estimate of drug-likeness (QED) is 0.241. The number of nitrogens with zero attached hydrogens (tertiary/aromatic N) is 5. The molecule has 0 unspecified atom stereocenters. The molecule has 1 aliphatic heterocycles. The van der Waals surface area contributed by atoms with Crippen LogP contribution in [0.5, 0.6) is 0 Å². The molecule has 0 radical (unpaired) electrons. The maximum Gasteiger partial charge on any atom is 0.255 e. The van der Waals surface area contributed by atoms with Crippen molar-refractivity contribution in [2.45, 2.75) is 26.8 Å². The third-order valence-electron chi connectivity index (χ3n) is 7.37. The molecule has 1 saturated heterocycles. The van der Waals surface area contributed by atoms with E-state index in [4.69, 9.17) is 4.74 Å². The fraction of sp³-hybridized carbons (Fsp3) is 0.303. The number of nitrogens with one attached hydrogen (secondary N) is 2. The van der Waals surface area contributed by atoms with Gasteiger partial charge in [-0.15, -0.1) is 0 Å². The summed E-state index contributed by atoms with van der Waals surface area (Å²) in [4.78, 5) is 42.8.